The molecule has 90 valence electrons. The molecule has 2 amide bonds. The van der Waals surface area contributed by atoms with E-state index >= 15 is 0 Å². The molecule has 1 fully saturated rings. The number of hydrogen-bond acceptors (Lipinski definition) is 2. The van der Waals surface area contributed by atoms with E-state index in [1.54, 1.807) is 0 Å². The topological polar surface area (TPSA) is 63.4 Å². The van der Waals surface area contributed by atoms with E-state index < -0.39 is 34.6 Å². The van der Waals surface area contributed by atoms with Crippen LogP contribution in [0.5, 0.6) is 0 Å². The standard InChI is InChI=1S/C11H10F2N2O2/c12-6-4-7(10(14)16)9(8(13)5-6)11(17)15-2-1-3-15/h4-5H,1-3H2,(H2,14,16). The fourth-order valence-electron chi connectivity index (χ4n) is 1.66. The van der Waals surface area contributed by atoms with Crippen LogP contribution in [-0.4, -0.2) is 29.8 Å². The van der Waals surface area contributed by atoms with E-state index in [0.717, 1.165) is 12.5 Å². The summed E-state index contributed by atoms with van der Waals surface area (Å²) >= 11 is 0. The molecule has 0 saturated carbocycles. The number of nitrogens with two attached hydrogens (primary N) is 1. The molecule has 0 atom stereocenters. The molecule has 6 heteroatoms. The summed E-state index contributed by atoms with van der Waals surface area (Å²) in [5.74, 6) is -3.64. The number of carbonyl (C=O) groups excluding carboxylic acids is 2. The van der Waals surface area contributed by atoms with Crippen LogP contribution in [0.15, 0.2) is 12.1 Å². The first-order valence-electron chi connectivity index (χ1n) is 5.09. The number of carbonyl (C=O) groups is 2. The number of nitrogens with zero attached hydrogens (tertiary/aromatic N) is 1. The monoisotopic (exact) mass is 240 g/mol. The Morgan fingerprint density at radius 1 is 1.24 bits per heavy atom. The molecule has 4 nitrogen and oxygen atoms in total. The second kappa shape index (κ2) is 4.12. The van der Waals surface area contributed by atoms with Gasteiger partial charge in [0.1, 0.15) is 11.6 Å². The van der Waals surface area contributed by atoms with Crippen LogP contribution in [0.1, 0.15) is 27.1 Å². The van der Waals surface area contributed by atoms with Crippen LogP contribution < -0.4 is 5.73 Å². The number of likely N-dealkylation sites (tertiary alicyclic amines) is 1. The number of benzene rings is 1. The minimum absolute atomic E-state index is 0.417. The van der Waals surface area contributed by atoms with Crippen LogP contribution >= 0.6 is 0 Å². The molecule has 17 heavy (non-hydrogen) atoms. The SMILES string of the molecule is NC(=O)c1cc(F)cc(F)c1C(=O)N1CCC1. The third-order valence-corrected chi connectivity index (χ3v) is 2.68. The highest BCUT2D eigenvalue weighted by molar-refractivity contribution is 6.07. The molecule has 0 spiro atoms. The van der Waals surface area contributed by atoms with Crippen molar-refractivity contribution >= 4 is 11.8 Å². The first-order chi connectivity index (χ1) is 8.00. The van der Waals surface area contributed by atoms with Crippen LogP contribution in [0.4, 0.5) is 8.78 Å². The lowest BCUT2D eigenvalue weighted by Gasteiger charge is -2.31. The van der Waals surface area contributed by atoms with Gasteiger partial charge in [0.2, 0.25) is 5.91 Å². The van der Waals surface area contributed by atoms with E-state index in [2.05, 4.69) is 0 Å². The molecule has 1 aromatic carbocycles. The summed E-state index contributed by atoms with van der Waals surface area (Å²) in [6, 6.07) is 1.35. The van der Waals surface area contributed by atoms with Crippen molar-refractivity contribution < 1.29 is 18.4 Å². The summed E-state index contributed by atoms with van der Waals surface area (Å²) in [5.41, 5.74) is 4.14. The number of hydrogen-bond donors (Lipinski definition) is 1. The predicted octanol–water partition coefficient (Wildman–Crippen LogP) is 0.910. The summed E-state index contributed by atoms with van der Waals surface area (Å²) in [6.45, 7) is 1.02. The summed E-state index contributed by atoms with van der Waals surface area (Å²) < 4.78 is 26.5. The highest BCUT2D eigenvalue weighted by atomic mass is 19.1. The Labute approximate surface area is 96.0 Å². The lowest BCUT2D eigenvalue weighted by atomic mass is 10.0. The van der Waals surface area contributed by atoms with Gasteiger partial charge in [-0.1, -0.05) is 0 Å². The van der Waals surface area contributed by atoms with Crippen molar-refractivity contribution in [2.75, 3.05) is 13.1 Å². The van der Waals surface area contributed by atoms with E-state index in [4.69, 9.17) is 5.73 Å². The fourth-order valence-corrected chi connectivity index (χ4v) is 1.66. The van der Waals surface area contributed by atoms with E-state index in [1.807, 2.05) is 0 Å². The van der Waals surface area contributed by atoms with Gasteiger partial charge >= 0.3 is 0 Å². The Morgan fingerprint density at radius 2 is 1.88 bits per heavy atom. The molecule has 0 bridgehead atoms. The van der Waals surface area contributed by atoms with Crippen LogP contribution in [0.25, 0.3) is 0 Å². The second-order valence-corrected chi connectivity index (χ2v) is 3.82. The van der Waals surface area contributed by atoms with Crippen molar-refractivity contribution in [3.05, 3.63) is 34.9 Å². The average Bonchev–Trinajstić information content (AvgIpc) is 2.12. The molecule has 1 heterocycles. The van der Waals surface area contributed by atoms with Gasteiger partial charge in [0, 0.05) is 19.2 Å². The summed E-state index contributed by atoms with van der Waals surface area (Å²) in [7, 11) is 0. The summed E-state index contributed by atoms with van der Waals surface area (Å²) in [5, 5.41) is 0. The molecule has 1 saturated heterocycles. The zero-order chi connectivity index (χ0) is 12.6. The Bertz CT molecular complexity index is 498. The molecule has 2 N–H and O–H groups in total. The average molecular weight is 240 g/mol. The molecular weight excluding hydrogens is 230 g/mol. The van der Waals surface area contributed by atoms with Gasteiger partial charge in [0.15, 0.2) is 0 Å². The van der Waals surface area contributed by atoms with Crippen molar-refractivity contribution in [1.29, 1.82) is 0 Å². The normalized spacial score (nSPS) is 14.4. The Kier molecular flexibility index (Phi) is 2.79. The maximum Gasteiger partial charge on any atom is 0.257 e. The van der Waals surface area contributed by atoms with Crippen molar-refractivity contribution in [3.8, 4) is 0 Å². The lowest BCUT2D eigenvalue weighted by Crippen LogP contribution is -2.43. The summed E-state index contributed by atoms with van der Waals surface area (Å²) in [4.78, 5) is 24.3. The van der Waals surface area contributed by atoms with Gasteiger partial charge in [-0.3, -0.25) is 9.59 Å². The molecule has 1 aliphatic rings. The van der Waals surface area contributed by atoms with E-state index in [-0.39, 0.29) is 0 Å². The number of halogens is 2. The van der Waals surface area contributed by atoms with Gasteiger partial charge in [0.05, 0.1) is 11.1 Å². The molecule has 0 radical (unpaired) electrons. The van der Waals surface area contributed by atoms with E-state index in [1.165, 1.54) is 4.90 Å². The highest BCUT2D eigenvalue weighted by Gasteiger charge is 2.28. The molecule has 1 aromatic rings. The number of rotatable bonds is 2. The Balaban J connectivity index is 2.50. The molecule has 0 aliphatic carbocycles. The van der Waals surface area contributed by atoms with Crippen LogP contribution in [-0.2, 0) is 0 Å². The van der Waals surface area contributed by atoms with Crippen molar-refractivity contribution in [2.45, 2.75) is 6.42 Å². The third-order valence-electron chi connectivity index (χ3n) is 2.68. The van der Waals surface area contributed by atoms with Gasteiger partial charge in [-0.05, 0) is 12.5 Å². The van der Waals surface area contributed by atoms with Crippen LogP contribution in [0.3, 0.4) is 0 Å². The van der Waals surface area contributed by atoms with Gasteiger partial charge in [-0.15, -0.1) is 0 Å². The Morgan fingerprint density at radius 3 is 2.35 bits per heavy atom. The minimum Gasteiger partial charge on any atom is -0.366 e. The van der Waals surface area contributed by atoms with E-state index in [0.29, 0.717) is 19.2 Å². The lowest BCUT2D eigenvalue weighted by molar-refractivity contribution is 0.0643. The second-order valence-electron chi connectivity index (χ2n) is 3.82. The van der Waals surface area contributed by atoms with Crippen LogP contribution in [0.2, 0.25) is 0 Å². The largest absolute Gasteiger partial charge is 0.366 e. The first-order valence-corrected chi connectivity index (χ1v) is 5.09. The third kappa shape index (κ3) is 1.98. The maximum absolute atomic E-state index is 13.5. The van der Waals surface area contributed by atoms with Crippen molar-refractivity contribution in [2.24, 2.45) is 5.73 Å². The van der Waals surface area contributed by atoms with Gasteiger partial charge in [-0.25, -0.2) is 8.78 Å². The minimum atomic E-state index is -1.06. The smallest absolute Gasteiger partial charge is 0.257 e. The number of primary amides is 1. The van der Waals surface area contributed by atoms with E-state index in [9.17, 15) is 18.4 Å². The van der Waals surface area contributed by atoms with Gasteiger partial charge in [0.25, 0.3) is 5.91 Å². The van der Waals surface area contributed by atoms with Crippen molar-refractivity contribution in [1.82, 2.24) is 4.90 Å². The molecule has 2 rings (SSSR count). The molecule has 0 aromatic heterocycles. The quantitative estimate of drug-likeness (QED) is 0.835. The van der Waals surface area contributed by atoms with Crippen LogP contribution in [0, 0.1) is 11.6 Å². The van der Waals surface area contributed by atoms with Gasteiger partial charge < -0.3 is 10.6 Å². The zero-order valence-corrected chi connectivity index (χ0v) is 8.87. The molecule has 1 aliphatic heterocycles. The van der Waals surface area contributed by atoms with Gasteiger partial charge in [-0.2, -0.15) is 0 Å². The molecule has 0 unspecified atom stereocenters. The molecular formula is C11H10F2N2O2. The predicted molar refractivity (Wildman–Crippen MR) is 55.4 cm³/mol. The number of amides is 2. The summed E-state index contributed by atoms with van der Waals surface area (Å²) in [6.07, 6.45) is 0.834. The Hall–Kier alpha value is -1.98. The first kappa shape index (κ1) is 11.5. The maximum atomic E-state index is 13.5. The zero-order valence-electron chi connectivity index (χ0n) is 8.87. The fraction of sp³-hybridized carbons (Fsp3) is 0.273. The highest BCUT2D eigenvalue weighted by Crippen LogP contribution is 2.20. The van der Waals surface area contributed by atoms with Crippen molar-refractivity contribution in [3.63, 3.8) is 0 Å².